The molecule has 0 aliphatic carbocycles. The van der Waals surface area contributed by atoms with Gasteiger partial charge >= 0.3 is 0 Å². The molecule has 7 heteroatoms. The monoisotopic (exact) mass is 280 g/mol. The van der Waals surface area contributed by atoms with Crippen LogP contribution in [0.3, 0.4) is 0 Å². The minimum Gasteiger partial charge on any atom is -0.494 e. The molecular formula is C13H17FN4O2. The summed E-state index contributed by atoms with van der Waals surface area (Å²) in [5.74, 6) is -0.335. The van der Waals surface area contributed by atoms with Crippen LogP contribution >= 0.6 is 0 Å². The summed E-state index contributed by atoms with van der Waals surface area (Å²) in [6.07, 6.45) is 1.75. The predicted octanol–water partition coefficient (Wildman–Crippen LogP) is 1.42. The average Bonchev–Trinajstić information content (AvgIpc) is 2.68. The lowest BCUT2D eigenvalue weighted by Crippen LogP contribution is -2.10. The van der Waals surface area contributed by atoms with Gasteiger partial charge < -0.3 is 20.8 Å². The number of carbonyl (C=O) groups excluding carboxylic acids is 1. The number of amides is 1. The first-order valence-corrected chi connectivity index (χ1v) is 6.30. The highest BCUT2D eigenvalue weighted by molar-refractivity contribution is 5.80. The second-order valence-corrected chi connectivity index (χ2v) is 4.52. The van der Waals surface area contributed by atoms with Gasteiger partial charge in [0.05, 0.1) is 18.1 Å². The summed E-state index contributed by atoms with van der Waals surface area (Å²) in [4.78, 5) is 14.8. The number of nitrogens with two attached hydrogens (primary N) is 2. The zero-order valence-corrected chi connectivity index (χ0v) is 11.2. The van der Waals surface area contributed by atoms with Gasteiger partial charge in [0.2, 0.25) is 11.9 Å². The SMILES string of the molecule is COc1cc2c(cc1F)nc(N)n2CCCCC(N)=O. The Morgan fingerprint density at radius 3 is 2.85 bits per heavy atom. The third-order valence-corrected chi connectivity index (χ3v) is 3.11. The molecule has 0 fully saturated rings. The summed E-state index contributed by atoms with van der Waals surface area (Å²) >= 11 is 0. The van der Waals surface area contributed by atoms with Crippen molar-refractivity contribution in [3.05, 3.63) is 17.9 Å². The zero-order valence-electron chi connectivity index (χ0n) is 11.2. The van der Waals surface area contributed by atoms with Gasteiger partial charge in [0.1, 0.15) is 0 Å². The highest BCUT2D eigenvalue weighted by Gasteiger charge is 2.12. The van der Waals surface area contributed by atoms with Crippen molar-refractivity contribution in [3.63, 3.8) is 0 Å². The van der Waals surface area contributed by atoms with Gasteiger partial charge in [0, 0.05) is 25.1 Å². The van der Waals surface area contributed by atoms with Crippen LogP contribution in [-0.4, -0.2) is 22.6 Å². The molecule has 6 nitrogen and oxygen atoms in total. The first-order valence-electron chi connectivity index (χ1n) is 6.30. The number of fused-ring (bicyclic) bond motifs is 1. The van der Waals surface area contributed by atoms with Crippen molar-refractivity contribution >= 4 is 22.9 Å². The molecule has 0 atom stereocenters. The Hall–Kier alpha value is -2.31. The van der Waals surface area contributed by atoms with E-state index in [2.05, 4.69) is 4.98 Å². The van der Waals surface area contributed by atoms with E-state index >= 15 is 0 Å². The first-order chi connectivity index (χ1) is 9.52. The van der Waals surface area contributed by atoms with E-state index in [-0.39, 0.29) is 11.7 Å². The molecule has 2 rings (SSSR count). The van der Waals surface area contributed by atoms with E-state index in [1.165, 1.54) is 13.2 Å². The van der Waals surface area contributed by atoms with E-state index in [0.717, 1.165) is 6.42 Å². The zero-order chi connectivity index (χ0) is 14.7. The molecule has 108 valence electrons. The molecule has 1 aromatic carbocycles. The number of rotatable bonds is 6. The minimum absolute atomic E-state index is 0.149. The second-order valence-electron chi connectivity index (χ2n) is 4.52. The van der Waals surface area contributed by atoms with Gasteiger partial charge in [-0.15, -0.1) is 0 Å². The van der Waals surface area contributed by atoms with Crippen molar-refractivity contribution < 1.29 is 13.9 Å². The van der Waals surface area contributed by atoms with E-state index in [1.807, 2.05) is 0 Å². The van der Waals surface area contributed by atoms with Crippen molar-refractivity contribution in [2.45, 2.75) is 25.8 Å². The maximum atomic E-state index is 13.6. The standard InChI is InChI=1S/C13H17FN4O2/c1-20-11-7-10-9(6-8(11)14)17-13(16)18(10)5-3-2-4-12(15)19/h6-7H,2-5H2,1H3,(H2,15,19)(H2,16,17). The summed E-state index contributed by atoms with van der Waals surface area (Å²) < 4.78 is 20.3. The molecule has 2 aromatic rings. The fourth-order valence-electron chi connectivity index (χ4n) is 2.11. The third kappa shape index (κ3) is 2.81. The lowest BCUT2D eigenvalue weighted by atomic mass is 10.2. The Balaban J connectivity index is 2.23. The van der Waals surface area contributed by atoms with Gasteiger partial charge in [0.15, 0.2) is 11.6 Å². The summed E-state index contributed by atoms with van der Waals surface area (Å²) in [6, 6.07) is 2.87. The number of methoxy groups -OCH3 is 1. The molecule has 20 heavy (non-hydrogen) atoms. The molecular weight excluding hydrogens is 263 g/mol. The van der Waals surface area contributed by atoms with Crippen molar-refractivity contribution in [1.82, 2.24) is 9.55 Å². The van der Waals surface area contributed by atoms with E-state index in [4.69, 9.17) is 16.2 Å². The van der Waals surface area contributed by atoms with Gasteiger partial charge in [-0.2, -0.15) is 0 Å². The first kappa shape index (κ1) is 14.1. The summed E-state index contributed by atoms with van der Waals surface area (Å²) in [6.45, 7) is 0.588. The molecule has 1 amide bonds. The van der Waals surface area contributed by atoms with Crippen LogP contribution in [-0.2, 0) is 11.3 Å². The molecule has 1 heterocycles. The van der Waals surface area contributed by atoms with Crippen LogP contribution in [0.5, 0.6) is 5.75 Å². The molecule has 0 radical (unpaired) electrons. The van der Waals surface area contributed by atoms with Crippen LogP contribution in [0.15, 0.2) is 12.1 Å². The maximum absolute atomic E-state index is 13.6. The number of aryl methyl sites for hydroxylation is 1. The van der Waals surface area contributed by atoms with Gasteiger partial charge in [-0.05, 0) is 12.8 Å². The maximum Gasteiger partial charge on any atom is 0.217 e. The van der Waals surface area contributed by atoms with Crippen molar-refractivity contribution in [1.29, 1.82) is 0 Å². The van der Waals surface area contributed by atoms with Crippen molar-refractivity contribution in [3.8, 4) is 5.75 Å². The van der Waals surface area contributed by atoms with E-state index in [0.29, 0.717) is 36.4 Å². The van der Waals surface area contributed by atoms with Crippen molar-refractivity contribution in [2.75, 3.05) is 12.8 Å². The van der Waals surface area contributed by atoms with Gasteiger partial charge in [-0.3, -0.25) is 4.79 Å². The molecule has 0 saturated heterocycles. The lowest BCUT2D eigenvalue weighted by Gasteiger charge is -2.07. The molecule has 0 spiro atoms. The second kappa shape index (κ2) is 5.77. The minimum atomic E-state index is -0.474. The fraction of sp³-hybridized carbons (Fsp3) is 0.385. The van der Waals surface area contributed by atoms with Crippen LogP contribution in [0, 0.1) is 5.82 Å². The van der Waals surface area contributed by atoms with Crippen LogP contribution in [0.4, 0.5) is 10.3 Å². The molecule has 0 saturated carbocycles. The van der Waals surface area contributed by atoms with Gasteiger partial charge in [0.25, 0.3) is 0 Å². The number of nitrogens with zero attached hydrogens (tertiary/aromatic N) is 2. The number of hydrogen-bond acceptors (Lipinski definition) is 4. The number of anilines is 1. The number of hydrogen-bond donors (Lipinski definition) is 2. The Morgan fingerprint density at radius 1 is 1.45 bits per heavy atom. The van der Waals surface area contributed by atoms with Crippen LogP contribution in [0.25, 0.3) is 11.0 Å². The number of aromatic nitrogens is 2. The van der Waals surface area contributed by atoms with Crippen LogP contribution in [0.1, 0.15) is 19.3 Å². The van der Waals surface area contributed by atoms with Crippen molar-refractivity contribution in [2.24, 2.45) is 5.73 Å². The average molecular weight is 280 g/mol. The quantitative estimate of drug-likeness (QED) is 0.782. The highest BCUT2D eigenvalue weighted by atomic mass is 19.1. The molecule has 0 aliphatic rings. The molecule has 0 unspecified atom stereocenters. The fourth-order valence-corrected chi connectivity index (χ4v) is 2.11. The largest absolute Gasteiger partial charge is 0.494 e. The van der Waals surface area contributed by atoms with E-state index in [9.17, 15) is 9.18 Å². The van der Waals surface area contributed by atoms with Crippen LogP contribution < -0.4 is 16.2 Å². The third-order valence-electron chi connectivity index (χ3n) is 3.11. The lowest BCUT2D eigenvalue weighted by molar-refractivity contribution is -0.118. The number of benzene rings is 1. The number of halogens is 1. The normalized spacial score (nSPS) is 10.9. The topological polar surface area (TPSA) is 96.2 Å². The Morgan fingerprint density at radius 2 is 2.20 bits per heavy atom. The summed E-state index contributed by atoms with van der Waals surface area (Å²) in [5.41, 5.74) is 12.1. The predicted molar refractivity (Wildman–Crippen MR) is 73.7 cm³/mol. The van der Waals surface area contributed by atoms with E-state index in [1.54, 1.807) is 10.6 Å². The number of ether oxygens (including phenoxy) is 1. The summed E-state index contributed by atoms with van der Waals surface area (Å²) in [7, 11) is 1.40. The molecule has 1 aromatic heterocycles. The molecule has 0 aliphatic heterocycles. The molecule has 4 N–H and O–H groups in total. The Labute approximate surface area is 115 Å². The van der Waals surface area contributed by atoms with E-state index < -0.39 is 5.82 Å². The smallest absolute Gasteiger partial charge is 0.217 e. The number of unbranched alkanes of at least 4 members (excludes halogenated alkanes) is 1. The Kier molecular flexibility index (Phi) is 4.07. The number of primary amides is 1. The van der Waals surface area contributed by atoms with Gasteiger partial charge in [-0.1, -0.05) is 0 Å². The Bertz CT molecular complexity index is 639. The van der Waals surface area contributed by atoms with Gasteiger partial charge in [-0.25, -0.2) is 9.37 Å². The number of nitrogen functional groups attached to an aromatic ring is 1. The number of imidazole rings is 1. The van der Waals surface area contributed by atoms with Crippen LogP contribution in [0.2, 0.25) is 0 Å². The highest BCUT2D eigenvalue weighted by Crippen LogP contribution is 2.26. The molecule has 0 bridgehead atoms. The summed E-state index contributed by atoms with van der Waals surface area (Å²) in [5, 5.41) is 0. The number of carbonyl (C=O) groups is 1.